The summed E-state index contributed by atoms with van der Waals surface area (Å²) in [6.45, 7) is 5.55. The van der Waals surface area contributed by atoms with Crippen LogP contribution in [-0.2, 0) is 8.85 Å². The Kier molecular flexibility index (Phi) is 15.8. The third-order valence-electron chi connectivity index (χ3n) is 0.575. The zero-order valence-corrected chi connectivity index (χ0v) is 8.47. The van der Waals surface area contributed by atoms with E-state index in [1.807, 2.05) is 13.8 Å². The Morgan fingerprint density at radius 3 is 1.88 bits per heavy atom. The van der Waals surface area contributed by atoms with Crippen molar-refractivity contribution in [2.45, 2.75) is 13.8 Å². The Morgan fingerprint density at radius 1 is 1.25 bits per heavy atom. The first-order valence-electron chi connectivity index (χ1n) is 2.57. The largest absolute Gasteiger partial charge is 2.00 e. The van der Waals surface area contributed by atoms with Crippen LogP contribution in [0, 0.1) is 0 Å². The Hall–Kier alpha value is 0.903. The average molecular weight is 147 g/mol. The van der Waals surface area contributed by atoms with Crippen LogP contribution >= 0.6 is 0 Å². The van der Waals surface area contributed by atoms with Gasteiger partial charge in [-0.05, 0) is 13.8 Å². The van der Waals surface area contributed by atoms with Gasteiger partial charge < -0.3 is 11.7 Å². The Balaban J connectivity index is -0.0000000600. The molecule has 0 rings (SSSR count). The molecule has 0 aromatic carbocycles. The third-order valence-corrected chi connectivity index (χ3v) is 1.72. The average Bonchev–Trinajstić information content (AvgIpc) is 1.69. The van der Waals surface area contributed by atoms with Crippen molar-refractivity contribution in [2.75, 3.05) is 13.2 Å². The van der Waals surface area contributed by atoms with Crippen LogP contribution in [0.4, 0.5) is 0 Å². The van der Waals surface area contributed by atoms with Gasteiger partial charge in [0.25, 0.3) is 0 Å². The van der Waals surface area contributed by atoms with E-state index in [4.69, 9.17) is 8.85 Å². The quantitative estimate of drug-likeness (QED) is 0.408. The van der Waals surface area contributed by atoms with Gasteiger partial charge in [-0.1, -0.05) is 0 Å². The van der Waals surface area contributed by atoms with Crippen molar-refractivity contribution in [2.24, 2.45) is 0 Å². The summed E-state index contributed by atoms with van der Waals surface area (Å²) < 4.78 is 9.98. The van der Waals surface area contributed by atoms with Gasteiger partial charge in [0, 0.05) is 13.2 Å². The first-order valence-corrected chi connectivity index (χ1v) is 3.72. The molecule has 48 valence electrons. The van der Waals surface area contributed by atoms with E-state index in [2.05, 4.69) is 0 Å². The second-order valence-corrected chi connectivity index (χ2v) is 2.16. The van der Waals surface area contributed by atoms with Crippen LogP contribution in [0.5, 0.6) is 0 Å². The molecule has 4 heteroatoms. The summed E-state index contributed by atoms with van der Waals surface area (Å²) in [7, 11) is -0.589. The zero-order valence-electron chi connectivity index (χ0n) is 7.64. The van der Waals surface area contributed by atoms with E-state index in [1.54, 1.807) is 0 Å². The standard InChI is InChI=1S/C4H12O2Si.Mg.2H/c1-3-5-7-6-4-2;;;/h3-4,7H2,1-2H3;;;/q;+2;2*-1. The van der Waals surface area contributed by atoms with Crippen molar-refractivity contribution in [3.05, 3.63) is 0 Å². The molecule has 0 fully saturated rings. The molecule has 0 bridgehead atoms. The second-order valence-electron chi connectivity index (χ2n) is 1.10. The van der Waals surface area contributed by atoms with E-state index in [9.17, 15) is 0 Å². The maximum Gasteiger partial charge on any atom is 2.00 e. The monoisotopic (exact) mass is 146 g/mol. The molecule has 0 unspecified atom stereocenters. The minimum absolute atomic E-state index is 0. The molecule has 0 amide bonds. The first kappa shape index (κ1) is 11.7. The second kappa shape index (κ2) is 10.8. The topological polar surface area (TPSA) is 18.5 Å². The van der Waals surface area contributed by atoms with Crippen LogP contribution in [0.15, 0.2) is 0 Å². The van der Waals surface area contributed by atoms with E-state index in [-0.39, 0.29) is 25.9 Å². The molecular weight excluding hydrogens is 132 g/mol. The van der Waals surface area contributed by atoms with Gasteiger partial charge in [0.1, 0.15) is 0 Å². The molecule has 0 aromatic heterocycles. The minimum atomic E-state index is -0.589. The molecule has 0 aromatic rings. The molecule has 0 aliphatic heterocycles. The Bertz CT molecular complexity index is 40.4. The molecule has 2 nitrogen and oxygen atoms in total. The van der Waals surface area contributed by atoms with Gasteiger partial charge in [0.2, 0.25) is 0 Å². The molecule has 0 N–H and O–H groups in total. The predicted octanol–water partition coefficient (Wildman–Crippen LogP) is -0.0976. The van der Waals surface area contributed by atoms with E-state index >= 15 is 0 Å². The first-order chi connectivity index (χ1) is 3.41. The van der Waals surface area contributed by atoms with Gasteiger partial charge in [-0.15, -0.1) is 0 Å². The van der Waals surface area contributed by atoms with Crippen molar-refractivity contribution in [3.63, 3.8) is 0 Å². The maximum atomic E-state index is 4.99. The van der Waals surface area contributed by atoms with Crippen molar-refractivity contribution in [1.82, 2.24) is 0 Å². The molecular formula is C4H14MgO2Si. The summed E-state index contributed by atoms with van der Waals surface area (Å²) in [6, 6.07) is 0. The van der Waals surface area contributed by atoms with Crippen LogP contribution in [0.3, 0.4) is 0 Å². The molecule has 0 radical (unpaired) electrons. The van der Waals surface area contributed by atoms with Gasteiger partial charge in [0.05, 0.1) is 0 Å². The summed E-state index contributed by atoms with van der Waals surface area (Å²) in [5, 5.41) is 0. The fourth-order valence-electron chi connectivity index (χ4n) is 0.226. The van der Waals surface area contributed by atoms with Gasteiger partial charge in [0.15, 0.2) is 0 Å². The summed E-state index contributed by atoms with van der Waals surface area (Å²) in [5.41, 5.74) is 0. The normalized spacial score (nSPS) is 8.25. The van der Waals surface area contributed by atoms with Crippen molar-refractivity contribution in [1.29, 1.82) is 0 Å². The summed E-state index contributed by atoms with van der Waals surface area (Å²) in [5.74, 6) is 0. The summed E-state index contributed by atoms with van der Waals surface area (Å²) in [6.07, 6.45) is 0. The number of rotatable bonds is 4. The third kappa shape index (κ3) is 10.0. The van der Waals surface area contributed by atoms with Crippen molar-refractivity contribution >= 4 is 33.1 Å². The molecule has 0 spiro atoms. The molecule has 0 aliphatic carbocycles. The summed E-state index contributed by atoms with van der Waals surface area (Å²) >= 11 is 0. The van der Waals surface area contributed by atoms with E-state index in [1.165, 1.54) is 0 Å². The molecule has 0 saturated carbocycles. The van der Waals surface area contributed by atoms with Crippen LogP contribution in [0.2, 0.25) is 0 Å². The zero-order chi connectivity index (χ0) is 5.54. The fourth-order valence-corrected chi connectivity index (χ4v) is 0.677. The van der Waals surface area contributed by atoms with Crippen LogP contribution in [-0.4, -0.2) is 46.3 Å². The molecule has 0 saturated heterocycles. The molecule has 0 heterocycles. The molecule has 8 heavy (non-hydrogen) atoms. The van der Waals surface area contributed by atoms with Crippen molar-refractivity contribution < 1.29 is 11.7 Å². The predicted molar refractivity (Wildman–Crippen MR) is 39.8 cm³/mol. The van der Waals surface area contributed by atoms with E-state index in [0.717, 1.165) is 13.2 Å². The van der Waals surface area contributed by atoms with E-state index in [0.29, 0.717) is 0 Å². The summed E-state index contributed by atoms with van der Waals surface area (Å²) in [4.78, 5) is 0. The van der Waals surface area contributed by atoms with E-state index < -0.39 is 10.0 Å². The number of hydrogen-bond acceptors (Lipinski definition) is 2. The van der Waals surface area contributed by atoms with Gasteiger partial charge in [-0.25, -0.2) is 0 Å². The van der Waals surface area contributed by atoms with Crippen molar-refractivity contribution in [3.8, 4) is 0 Å². The van der Waals surface area contributed by atoms with Gasteiger partial charge in [-0.2, -0.15) is 0 Å². The number of hydrogen-bond donors (Lipinski definition) is 0. The SMILES string of the molecule is CCO[SiH2]OCC.[H-].[H-].[Mg+2]. The minimum Gasteiger partial charge on any atom is -1.00 e. The Labute approximate surface area is 72.1 Å². The Morgan fingerprint density at radius 2 is 1.62 bits per heavy atom. The van der Waals surface area contributed by atoms with Crippen LogP contribution < -0.4 is 0 Å². The van der Waals surface area contributed by atoms with Gasteiger partial charge in [-0.3, -0.25) is 0 Å². The molecule has 0 atom stereocenters. The molecule has 0 aliphatic rings. The fraction of sp³-hybridized carbons (Fsp3) is 1.00. The smallest absolute Gasteiger partial charge is 1.00 e. The maximum absolute atomic E-state index is 4.99. The van der Waals surface area contributed by atoms with Gasteiger partial charge >= 0.3 is 33.1 Å². The van der Waals surface area contributed by atoms with Crippen LogP contribution in [0.25, 0.3) is 0 Å². The van der Waals surface area contributed by atoms with Crippen LogP contribution in [0.1, 0.15) is 16.7 Å².